The highest BCUT2D eigenvalue weighted by Gasteiger charge is 2.04. The van der Waals surface area contributed by atoms with E-state index in [0.29, 0.717) is 21.3 Å². The number of halogens is 3. The molecular formula is C12H8Cl2FN. The van der Waals surface area contributed by atoms with Crippen molar-refractivity contribution >= 4 is 28.9 Å². The molecule has 0 amide bonds. The standard InChI is InChI=1S/C12H8Cl2FN/c13-9-3-8(4-10(15)6-9)7-1-2-11(14)12(16)5-7/h1-6H,16H2. The molecule has 0 saturated heterocycles. The van der Waals surface area contributed by atoms with Gasteiger partial charge in [0.1, 0.15) is 5.82 Å². The van der Waals surface area contributed by atoms with Crippen LogP contribution in [-0.4, -0.2) is 0 Å². The molecule has 2 aromatic rings. The molecule has 1 nitrogen and oxygen atoms in total. The molecule has 0 aliphatic rings. The SMILES string of the molecule is Nc1cc(-c2cc(F)cc(Cl)c2)ccc1Cl. The Morgan fingerprint density at radius 2 is 1.69 bits per heavy atom. The highest BCUT2D eigenvalue weighted by Crippen LogP contribution is 2.28. The third kappa shape index (κ3) is 2.29. The minimum Gasteiger partial charge on any atom is -0.398 e. The lowest BCUT2D eigenvalue weighted by molar-refractivity contribution is 0.628. The molecule has 0 unspecified atom stereocenters. The van der Waals surface area contributed by atoms with Gasteiger partial charge in [-0.2, -0.15) is 0 Å². The van der Waals surface area contributed by atoms with Crippen molar-refractivity contribution in [3.05, 3.63) is 52.3 Å². The molecule has 82 valence electrons. The lowest BCUT2D eigenvalue weighted by Gasteiger charge is -2.05. The summed E-state index contributed by atoms with van der Waals surface area (Å²) in [5.74, 6) is -0.379. The zero-order valence-corrected chi connectivity index (χ0v) is 9.69. The van der Waals surface area contributed by atoms with Crippen LogP contribution in [0.3, 0.4) is 0 Å². The summed E-state index contributed by atoms with van der Waals surface area (Å²) in [6.07, 6.45) is 0. The van der Waals surface area contributed by atoms with Gasteiger partial charge in [-0.15, -0.1) is 0 Å². The maximum absolute atomic E-state index is 13.2. The Kier molecular flexibility index (Phi) is 3.03. The van der Waals surface area contributed by atoms with E-state index in [-0.39, 0.29) is 5.82 Å². The maximum atomic E-state index is 13.2. The number of rotatable bonds is 1. The van der Waals surface area contributed by atoms with E-state index >= 15 is 0 Å². The molecule has 0 radical (unpaired) electrons. The Morgan fingerprint density at radius 3 is 2.31 bits per heavy atom. The quantitative estimate of drug-likeness (QED) is 0.752. The zero-order valence-electron chi connectivity index (χ0n) is 8.18. The fourth-order valence-corrected chi connectivity index (χ4v) is 1.78. The van der Waals surface area contributed by atoms with Crippen molar-refractivity contribution in [1.29, 1.82) is 0 Å². The van der Waals surface area contributed by atoms with Crippen molar-refractivity contribution in [2.24, 2.45) is 0 Å². The van der Waals surface area contributed by atoms with E-state index in [1.165, 1.54) is 12.1 Å². The molecule has 0 fully saturated rings. The predicted octanol–water partition coefficient (Wildman–Crippen LogP) is 4.38. The lowest BCUT2D eigenvalue weighted by Crippen LogP contribution is -1.88. The second-order valence-electron chi connectivity index (χ2n) is 3.39. The zero-order chi connectivity index (χ0) is 11.7. The first kappa shape index (κ1) is 11.2. The topological polar surface area (TPSA) is 26.0 Å². The van der Waals surface area contributed by atoms with Gasteiger partial charge in [-0.25, -0.2) is 4.39 Å². The van der Waals surface area contributed by atoms with E-state index < -0.39 is 0 Å². The lowest BCUT2D eigenvalue weighted by atomic mass is 10.1. The van der Waals surface area contributed by atoms with Crippen molar-refractivity contribution in [2.45, 2.75) is 0 Å². The fourth-order valence-electron chi connectivity index (χ4n) is 1.44. The van der Waals surface area contributed by atoms with Crippen LogP contribution < -0.4 is 5.73 Å². The van der Waals surface area contributed by atoms with Gasteiger partial charge in [-0.1, -0.05) is 29.3 Å². The Morgan fingerprint density at radius 1 is 0.938 bits per heavy atom. The third-order valence-corrected chi connectivity index (χ3v) is 2.75. The van der Waals surface area contributed by atoms with E-state index in [1.807, 2.05) is 0 Å². The number of nitrogens with two attached hydrogens (primary N) is 1. The summed E-state index contributed by atoms with van der Waals surface area (Å²) in [5.41, 5.74) is 7.59. The molecule has 0 spiro atoms. The number of benzene rings is 2. The molecule has 0 heterocycles. The van der Waals surface area contributed by atoms with Crippen LogP contribution in [0, 0.1) is 5.82 Å². The largest absolute Gasteiger partial charge is 0.398 e. The van der Waals surface area contributed by atoms with Gasteiger partial charge in [0, 0.05) is 5.02 Å². The molecule has 2 N–H and O–H groups in total. The molecule has 0 aliphatic carbocycles. The highest BCUT2D eigenvalue weighted by atomic mass is 35.5. The number of hydrogen-bond acceptors (Lipinski definition) is 1. The van der Waals surface area contributed by atoms with Gasteiger partial charge >= 0.3 is 0 Å². The van der Waals surface area contributed by atoms with Crippen LogP contribution in [0.5, 0.6) is 0 Å². The molecule has 0 bridgehead atoms. The summed E-state index contributed by atoms with van der Waals surface area (Å²) in [6, 6.07) is 9.45. The van der Waals surface area contributed by atoms with Crippen molar-refractivity contribution < 1.29 is 4.39 Å². The maximum Gasteiger partial charge on any atom is 0.125 e. The van der Waals surface area contributed by atoms with Crippen LogP contribution in [-0.2, 0) is 0 Å². The van der Waals surface area contributed by atoms with Crippen LogP contribution in [0.2, 0.25) is 10.0 Å². The molecule has 2 aromatic carbocycles. The van der Waals surface area contributed by atoms with Gasteiger partial charge in [0.2, 0.25) is 0 Å². The van der Waals surface area contributed by atoms with E-state index in [1.54, 1.807) is 24.3 Å². The van der Waals surface area contributed by atoms with Crippen LogP contribution in [0.25, 0.3) is 11.1 Å². The van der Waals surface area contributed by atoms with Crippen LogP contribution >= 0.6 is 23.2 Å². The average Bonchev–Trinajstić information content (AvgIpc) is 2.20. The van der Waals surface area contributed by atoms with Crippen molar-refractivity contribution in [1.82, 2.24) is 0 Å². The van der Waals surface area contributed by atoms with E-state index in [4.69, 9.17) is 28.9 Å². The van der Waals surface area contributed by atoms with Crippen LogP contribution in [0.15, 0.2) is 36.4 Å². The van der Waals surface area contributed by atoms with Crippen LogP contribution in [0.4, 0.5) is 10.1 Å². The molecule has 2 rings (SSSR count). The van der Waals surface area contributed by atoms with Gasteiger partial charge < -0.3 is 5.73 Å². The number of nitrogen functional groups attached to an aromatic ring is 1. The highest BCUT2D eigenvalue weighted by molar-refractivity contribution is 6.33. The second kappa shape index (κ2) is 4.32. The Hall–Kier alpha value is -1.25. The first-order valence-electron chi connectivity index (χ1n) is 4.58. The summed E-state index contributed by atoms with van der Waals surface area (Å²) in [6.45, 7) is 0. The van der Waals surface area contributed by atoms with E-state index in [2.05, 4.69) is 0 Å². The normalized spacial score (nSPS) is 10.4. The molecule has 0 aromatic heterocycles. The van der Waals surface area contributed by atoms with Gasteiger partial charge in [-0.05, 0) is 41.5 Å². The van der Waals surface area contributed by atoms with E-state index in [9.17, 15) is 4.39 Å². The Bertz CT molecular complexity index is 520. The van der Waals surface area contributed by atoms with Crippen LogP contribution in [0.1, 0.15) is 0 Å². The summed E-state index contributed by atoms with van der Waals surface area (Å²) >= 11 is 11.6. The molecule has 0 atom stereocenters. The Labute approximate surface area is 103 Å². The smallest absolute Gasteiger partial charge is 0.125 e. The Balaban J connectivity index is 2.54. The van der Waals surface area contributed by atoms with Gasteiger partial charge in [0.05, 0.1) is 10.7 Å². The number of anilines is 1. The van der Waals surface area contributed by atoms with E-state index in [0.717, 1.165) is 5.56 Å². The number of hydrogen-bond donors (Lipinski definition) is 1. The minimum atomic E-state index is -0.379. The molecule has 0 aliphatic heterocycles. The van der Waals surface area contributed by atoms with Gasteiger partial charge in [0.15, 0.2) is 0 Å². The van der Waals surface area contributed by atoms with Gasteiger partial charge in [-0.3, -0.25) is 0 Å². The van der Waals surface area contributed by atoms with Gasteiger partial charge in [0.25, 0.3) is 0 Å². The summed E-state index contributed by atoms with van der Waals surface area (Å²) in [7, 11) is 0. The molecule has 16 heavy (non-hydrogen) atoms. The summed E-state index contributed by atoms with van der Waals surface area (Å²) in [5, 5.41) is 0.828. The minimum absolute atomic E-state index is 0.350. The summed E-state index contributed by atoms with van der Waals surface area (Å²) < 4.78 is 13.2. The molecule has 4 heteroatoms. The van der Waals surface area contributed by atoms with Crippen molar-refractivity contribution in [3.63, 3.8) is 0 Å². The molecular weight excluding hydrogens is 248 g/mol. The monoisotopic (exact) mass is 255 g/mol. The molecule has 0 saturated carbocycles. The first-order chi connectivity index (χ1) is 7.56. The fraction of sp³-hybridized carbons (Fsp3) is 0. The first-order valence-corrected chi connectivity index (χ1v) is 5.33. The third-order valence-electron chi connectivity index (χ3n) is 2.19. The predicted molar refractivity (Wildman–Crippen MR) is 66.3 cm³/mol. The van der Waals surface area contributed by atoms with Crippen molar-refractivity contribution in [2.75, 3.05) is 5.73 Å². The van der Waals surface area contributed by atoms with Crippen molar-refractivity contribution in [3.8, 4) is 11.1 Å². The second-order valence-corrected chi connectivity index (χ2v) is 4.24. The average molecular weight is 256 g/mol. The summed E-state index contributed by atoms with van der Waals surface area (Å²) in [4.78, 5) is 0.